The van der Waals surface area contributed by atoms with Gasteiger partial charge in [0, 0.05) is 31.3 Å². The van der Waals surface area contributed by atoms with Crippen LogP contribution in [-0.2, 0) is 11.3 Å². The fourth-order valence-electron chi connectivity index (χ4n) is 5.56. The van der Waals surface area contributed by atoms with Crippen molar-refractivity contribution in [2.24, 2.45) is 15.9 Å². The van der Waals surface area contributed by atoms with Gasteiger partial charge in [0.15, 0.2) is 0 Å². The quantitative estimate of drug-likeness (QED) is 0.641. The van der Waals surface area contributed by atoms with Gasteiger partial charge >= 0.3 is 0 Å². The second-order valence-corrected chi connectivity index (χ2v) is 8.96. The molecule has 7 nitrogen and oxygen atoms in total. The molecule has 1 aromatic carbocycles. The molecule has 1 unspecified atom stereocenters. The fraction of sp³-hybridized carbons (Fsp3) is 0.381. The van der Waals surface area contributed by atoms with E-state index in [1.165, 1.54) is 23.2 Å². The first-order chi connectivity index (χ1) is 14.9. The molecule has 0 spiro atoms. The Balaban J connectivity index is 1.18. The number of nitrogens with zero attached hydrogens (tertiary/aromatic N) is 6. The molecule has 0 saturated heterocycles. The smallest absolute Gasteiger partial charge is 0.249 e. The molecule has 0 radical (unpaired) electrons. The molecule has 3 heterocycles. The van der Waals surface area contributed by atoms with Crippen LogP contribution in [0.4, 0.5) is 13.2 Å². The lowest BCUT2D eigenvalue weighted by atomic mass is 9.34. The van der Waals surface area contributed by atoms with Crippen LogP contribution < -0.4 is 0 Å². The highest BCUT2D eigenvalue weighted by Crippen LogP contribution is 2.74. The predicted octanol–water partition coefficient (Wildman–Crippen LogP) is 3.37. The number of rotatable bonds is 4. The van der Waals surface area contributed by atoms with Crippen molar-refractivity contribution >= 4 is 23.3 Å². The summed E-state index contributed by atoms with van der Waals surface area (Å²) in [5.41, 5.74) is 0.712. The summed E-state index contributed by atoms with van der Waals surface area (Å²) in [5.74, 6) is -1.92. The summed E-state index contributed by atoms with van der Waals surface area (Å²) in [6.45, 7) is 0.533. The van der Waals surface area contributed by atoms with E-state index in [1.807, 2.05) is 0 Å². The van der Waals surface area contributed by atoms with Crippen LogP contribution in [0, 0.1) is 28.3 Å². The molecular formula is C21H17F3N6O. The van der Waals surface area contributed by atoms with Crippen LogP contribution in [0.3, 0.4) is 0 Å². The molecule has 31 heavy (non-hydrogen) atoms. The Labute approximate surface area is 174 Å². The number of halogens is 3. The molecule has 158 valence electrons. The van der Waals surface area contributed by atoms with Crippen LogP contribution in [0.5, 0.6) is 0 Å². The van der Waals surface area contributed by atoms with E-state index < -0.39 is 28.9 Å². The lowest BCUT2D eigenvalue weighted by Crippen LogP contribution is -2.68. The second-order valence-electron chi connectivity index (χ2n) is 8.96. The molecular weight excluding hydrogens is 409 g/mol. The largest absolute Gasteiger partial charge is 0.272 e. The van der Waals surface area contributed by atoms with Crippen molar-refractivity contribution in [2.75, 3.05) is 0 Å². The lowest BCUT2D eigenvalue weighted by molar-refractivity contribution is -0.223. The first kappa shape index (κ1) is 18.5. The molecule has 0 N–H and O–H groups in total. The highest BCUT2D eigenvalue weighted by Gasteiger charge is 2.72. The number of benzene rings is 1. The van der Waals surface area contributed by atoms with Crippen LogP contribution in [0.25, 0.3) is 11.2 Å². The molecule has 1 amide bonds. The number of hydrazone groups is 1. The zero-order valence-electron chi connectivity index (χ0n) is 16.3. The summed E-state index contributed by atoms with van der Waals surface area (Å²) in [4.78, 5) is 17.2. The summed E-state index contributed by atoms with van der Waals surface area (Å²) in [6, 6.07) is 4.16. The molecule has 3 saturated carbocycles. The van der Waals surface area contributed by atoms with Crippen molar-refractivity contribution in [3.05, 3.63) is 53.5 Å². The van der Waals surface area contributed by atoms with Gasteiger partial charge in [0.25, 0.3) is 0 Å². The van der Waals surface area contributed by atoms with Crippen LogP contribution >= 0.6 is 0 Å². The Bertz CT molecular complexity index is 1230. The van der Waals surface area contributed by atoms with Crippen LogP contribution in [0.2, 0.25) is 0 Å². The number of carbonyl (C=O) groups excluding carboxylic acids is 1. The Morgan fingerprint density at radius 3 is 2.55 bits per heavy atom. The highest BCUT2D eigenvalue weighted by molar-refractivity contribution is 5.88. The molecule has 2 aromatic heterocycles. The molecule has 3 aliphatic carbocycles. The molecule has 3 fully saturated rings. The Hall–Kier alpha value is -3.30. The zero-order chi connectivity index (χ0) is 21.4. The summed E-state index contributed by atoms with van der Waals surface area (Å²) in [5, 5.41) is 13.6. The monoisotopic (exact) mass is 426 g/mol. The Morgan fingerprint density at radius 1 is 1.06 bits per heavy atom. The van der Waals surface area contributed by atoms with Crippen LogP contribution in [-0.4, -0.2) is 37.1 Å². The molecule has 2 bridgehead atoms. The van der Waals surface area contributed by atoms with E-state index in [-0.39, 0.29) is 11.3 Å². The summed E-state index contributed by atoms with van der Waals surface area (Å²) in [6.07, 6.45) is 5.13. The highest BCUT2D eigenvalue weighted by atomic mass is 19.1. The van der Waals surface area contributed by atoms with Crippen molar-refractivity contribution < 1.29 is 18.0 Å². The average Bonchev–Trinajstić information content (AvgIpc) is 3.29. The minimum absolute atomic E-state index is 0.0908. The molecule has 1 atom stereocenters. The average molecular weight is 426 g/mol. The maximum atomic E-state index is 13.7. The molecule has 1 aliphatic heterocycles. The van der Waals surface area contributed by atoms with Gasteiger partial charge < -0.3 is 0 Å². The van der Waals surface area contributed by atoms with Gasteiger partial charge in [-0.1, -0.05) is 5.21 Å². The first-order valence-corrected chi connectivity index (χ1v) is 10.0. The SMILES string of the molecule is O=C(N1N=CCC1c1cc(F)cc(F)c1)C12CC(Cn3nnc4ncc(F)cc43)(C1)C2. The number of fused-ring (bicyclic) bond motifs is 1. The van der Waals surface area contributed by atoms with Gasteiger partial charge in [-0.3, -0.25) is 4.79 Å². The van der Waals surface area contributed by atoms with Gasteiger partial charge in [0.1, 0.15) is 23.0 Å². The van der Waals surface area contributed by atoms with Gasteiger partial charge in [-0.15, -0.1) is 5.10 Å². The predicted molar refractivity (Wildman–Crippen MR) is 103 cm³/mol. The van der Waals surface area contributed by atoms with Gasteiger partial charge in [-0.25, -0.2) is 27.8 Å². The summed E-state index contributed by atoms with van der Waals surface area (Å²) >= 11 is 0. The third-order valence-electron chi connectivity index (χ3n) is 6.73. The molecule has 3 aromatic rings. The third kappa shape index (κ3) is 2.70. The minimum atomic E-state index is -0.676. The maximum absolute atomic E-state index is 13.7. The zero-order valence-corrected chi connectivity index (χ0v) is 16.3. The Kier molecular flexibility index (Phi) is 3.64. The number of hydrogen-bond acceptors (Lipinski definition) is 5. The number of hydrogen-bond donors (Lipinski definition) is 0. The lowest BCUT2D eigenvalue weighted by Gasteiger charge is -2.69. The normalized spacial score (nSPS) is 28.6. The Morgan fingerprint density at radius 2 is 1.81 bits per heavy atom. The standard InChI is InChI=1S/C21H17F3N6O/c22-13-3-12(4-14(23)5-13)16-1-2-26-30(16)19(31)21-8-20(9-21,10-21)11-29-17-6-15(24)7-25-18(17)27-28-29/h2-7,16H,1,8-11H2. The van der Waals surface area contributed by atoms with E-state index >= 15 is 0 Å². The van der Waals surface area contributed by atoms with Gasteiger partial charge in [0.2, 0.25) is 11.6 Å². The minimum Gasteiger partial charge on any atom is -0.272 e. The van der Waals surface area contributed by atoms with E-state index in [2.05, 4.69) is 20.4 Å². The number of pyridine rings is 1. The number of carbonyl (C=O) groups is 1. The summed E-state index contributed by atoms with van der Waals surface area (Å²) < 4.78 is 42.5. The third-order valence-corrected chi connectivity index (χ3v) is 6.73. The summed E-state index contributed by atoms with van der Waals surface area (Å²) in [7, 11) is 0. The first-order valence-electron chi connectivity index (χ1n) is 10.0. The van der Waals surface area contributed by atoms with Crippen molar-refractivity contribution in [2.45, 2.75) is 38.3 Å². The van der Waals surface area contributed by atoms with Crippen molar-refractivity contribution in [1.29, 1.82) is 0 Å². The van der Waals surface area contributed by atoms with Gasteiger partial charge in [-0.05, 0) is 42.4 Å². The van der Waals surface area contributed by atoms with Crippen molar-refractivity contribution in [3.63, 3.8) is 0 Å². The molecule has 7 rings (SSSR count). The molecule has 10 heteroatoms. The van der Waals surface area contributed by atoms with Gasteiger partial charge in [-0.2, -0.15) is 5.10 Å². The number of amides is 1. The van der Waals surface area contributed by atoms with Gasteiger partial charge in [0.05, 0.1) is 17.7 Å². The van der Waals surface area contributed by atoms with E-state index in [4.69, 9.17) is 0 Å². The fourth-order valence-corrected chi connectivity index (χ4v) is 5.56. The molecule has 4 aliphatic rings. The number of aromatic nitrogens is 4. The topological polar surface area (TPSA) is 76.3 Å². The van der Waals surface area contributed by atoms with Crippen LogP contribution in [0.1, 0.15) is 37.3 Å². The van der Waals surface area contributed by atoms with Crippen LogP contribution in [0.15, 0.2) is 35.6 Å². The van der Waals surface area contributed by atoms with Crippen molar-refractivity contribution in [1.82, 2.24) is 25.0 Å². The second kappa shape index (κ2) is 6.12. The van der Waals surface area contributed by atoms with Crippen molar-refractivity contribution in [3.8, 4) is 0 Å². The maximum Gasteiger partial charge on any atom is 0.249 e. The van der Waals surface area contributed by atoms with E-state index in [9.17, 15) is 18.0 Å². The van der Waals surface area contributed by atoms with E-state index in [0.29, 0.717) is 49.0 Å². The van der Waals surface area contributed by atoms with E-state index in [0.717, 1.165) is 12.3 Å². The van der Waals surface area contributed by atoms with E-state index in [1.54, 1.807) is 10.9 Å².